The maximum absolute atomic E-state index is 13.3. The van der Waals surface area contributed by atoms with Crippen molar-refractivity contribution in [3.63, 3.8) is 0 Å². The van der Waals surface area contributed by atoms with Gasteiger partial charge in [0.15, 0.2) is 0 Å². The van der Waals surface area contributed by atoms with Gasteiger partial charge in [0.05, 0.1) is 5.41 Å². The van der Waals surface area contributed by atoms with Crippen LogP contribution in [0.1, 0.15) is 24.5 Å². The van der Waals surface area contributed by atoms with Gasteiger partial charge in [-0.2, -0.15) is 0 Å². The lowest BCUT2D eigenvalue weighted by molar-refractivity contribution is -0.135. The molecule has 1 amide bonds. The third-order valence-corrected chi connectivity index (χ3v) is 4.60. The van der Waals surface area contributed by atoms with Gasteiger partial charge in [0, 0.05) is 14.1 Å². The van der Waals surface area contributed by atoms with Gasteiger partial charge in [-0.1, -0.05) is 55.5 Å². The summed E-state index contributed by atoms with van der Waals surface area (Å²) in [7, 11) is 3.58. The first-order valence-corrected chi connectivity index (χ1v) is 8.76. The number of hydrogen-bond acceptors (Lipinski definition) is 3. The Bertz CT molecular complexity index is 685. The maximum Gasteiger partial charge on any atom is 0.233 e. The molecule has 1 atom stereocenters. The van der Waals surface area contributed by atoms with Crippen LogP contribution in [0.5, 0.6) is 5.75 Å². The van der Waals surface area contributed by atoms with Crippen LogP contribution in [0.4, 0.5) is 0 Å². The van der Waals surface area contributed by atoms with Crippen molar-refractivity contribution >= 4 is 5.91 Å². The molecule has 0 aliphatic carbocycles. The molecule has 0 saturated carbocycles. The third-order valence-electron chi connectivity index (χ3n) is 4.60. The van der Waals surface area contributed by atoms with Crippen molar-refractivity contribution in [2.45, 2.75) is 25.2 Å². The van der Waals surface area contributed by atoms with Crippen LogP contribution in [0.25, 0.3) is 0 Å². The highest BCUT2D eigenvalue weighted by Crippen LogP contribution is 2.36. The zero-order valence-corrected chi connectivity index (χ0v) is 15.3. The van der Waals surface area contributed by atoms with Crippen LogP contribution in [-0.2, 0) is 16.6 Å². The average molecular weight is 340 g/mol. The molecule has 2 rings (SSSR count). The molecule has 0 spiro atoms. The van der Waals surface area contributed by atoms with E-state index in [9.17, 15) is 9.90 Å². The molecule has 0 heterocycles. The van der Waals surface area contributed by atoms with E-state index >= 15 is 0 Å². The minimum atomic E-state index is -0.717. The van der Waals surface area contributed by atoms with E-state index in [-0.39, 0.29) is 11.7 Å². The van der Waals surface area contributed by atoms with E-state index in [0.29, 0.717) is 12.8 Å². The molecular formula is C21H28N2O2. The topological polar surface area (TPSA) is 52.6 Å². The van der Waals surface area contributed by atoms with E-state index < -0.39 is 5.41 Å². The van der Waals surface area contributed by atoms with Crippen LogP contribution in [0, 0.1) is 0 Å². The lowest BCUT2D eigenvalue weighted by Gasteiger charge is -2.36. The first kappa shape index (κ1) is 19.0. The smallest absolute Gasteiger partial charge is 0.233 e. The molecule has 0 saturated heterocycles. The van der Waals surface area contributed by atoms with Gasteiger partial charge < -0.3 is 15.3 Å². The second-order valence-corrected chi connectivity index (χ2v) is 6.56. The molecule has 0 fully saturated rings. The minimum absolute atomic E-state index is 0.0554. The zero-order chi connectivity index (χ0) is 18.3. The van der Waals surface area contributed by atoms with Crippen molar-refractivity contribution in [3.8, 4) is 5.75 Å². The molecule has 0 aliphatic rings. The van der Waals surface area contributed by atoms with Gasteiger partial charge >= 0.3 is 0 Å². The number of nitrogens with zero attached hydrogens (tertiary/aromatic N) is 1. The average Bonchev–Trinajstić information content (AvgIpc) is 2.63. The number of aromatic hydroxyl groups is 1. The fourth-order valence-corrected chi connectivity index (χ4v) is 3.29. The Hall–Kier alpha value is -2.33. The van der Waals surface area contributed by atoms with E-state index in [4.69, 9.17) is 0 Å². The summed E-state index contributed by atoms with van der Waals surface area (Å²) in [5.41, 5.74) is 1.05. The SMILES string of the molecule is CCNCCC(Cc1ccccc1O)(C(=O)N(C)C)c1ccccc1. The van der Waals surface area contributed by atoms with Crippen molar-refractivity contribution < 1.29 is 9.90 Å². The number of phenolic OH excluding ortho intramolecular Hbond substituents is 1. The fourth-order valence-electron chi connectivity index (χ4n) is 3.29. The molecular weight excluding hydrogens is 312 g/mol. The summed E-state index contributed by atoms with van der Waals surface area (Å²) < 4.78 is 0. The maximum atomic E-state index is 13.3. The van der Waals surface area contributed by atoms with E-state index in [0.717, 1.165) is 24.2 Å². The van der Waals surface area contributed by atoms with Crippen LogP contribution in [0.2, 0.25) is 0 Å². The lowest BCUT2D eigenvalue weighted by Crippen LogP contribution is -2.47. The summed E-state index contributed by atoms with van der Waals surface area (Å²) in [4.78, 5) is 14.9. The van der Waals surface area contributed by atoms with Gasteiger partial charge in [-0.05, 0) is 43.1 Å². The molecule has 134 valence electrons. The Labute approximate surface area is 150 Å². The number of carbonyl (C=O) groups is 1. The van der Waals surface area contributed by atoms with E-state index in [2.05, 4.69) is 12.2 Å². The van der Waals surface area contributed by atoms with Gasteiger partial charge in [-0.25, -0.2) is 0 Å². The minimum Gasteiger partial charge on any atom is -0.508 e. The molecule has 2 aromatic rings. The Morgan fingerprint density at radius 1 is 1.08 bits per heavy atom. The first-order chi connectivity index (χ1) is 12.0. The molecule has 2 N–H and O–H groups in total. The van der Waals surface area contributed by atoms with Crippen LogP contribution in [0.15, 0.2) is 54.6 Å². The summed E-state index contributed by atoms with van der Waals surface area (Å²) in [6, 6.07) is 17.2. The Morgan fingerprint density at radius 3 is 2.32 bits per heavy atom. The number of likely N-dealkylation sites (N-methyl/N-ethyl adjacent to an activating group) is 1. The second-order valence-electron chi connectivity index (χ2n) is 6.56. The Morgan fingerprint density at radius 2 is 1.72 bits per heavy atom. The van der Waals surface area contributed by atoms with Crippen LogP contribution < -0.4 is 5.32 Å². The lowest BCUT2D eigenvalue weighted by atomic mass is 9.71. The van der Waals surface area contributed by atoms with Crippen LogP contribution >= 0.6 is 0 Å². The Kier molecular flexibility index (Phi) is 6.59. The normalized spacial score (nSPS) is 13.2. The summed E-state index contributed by atoms with van der Waals surface area (Å²) in [6.07, 6.45) is 1.13. The summed E-state index contributed by atoms with van der Waals surface area (Å²) >= 11 is 0. The van der Waals surface area contributed by atoms with Crippen LogP contribution in [-0.4, -0.2) is 43.1 Å². The number of nitrogens with one attached hydrogen (secondary N) is 1. The standard InChI is InChI=1S/C21H28N2O2/c1-4-22-15-14-21(20(25)23(2)3,18-11-6-5-7-12-18)16-17-10-8-9-13-19(17)24/h5-13,22,24H,4,14-16H2,1-3H3. The Balaban J connectivity index is 2.53. The highest BCUT2D eigenvalue weighted by Gasteiger charge is 2.41. The number of hydrogen-bond donors (Lipinski definition) is 2. The zero-order valence-electron chi connectivity index (χ0n) is 15.3. The van der Waals surface area contributed by atoms with Crippen molar-refractivity contribution in [1.29, 1.82) is 0 Å². The molecule has 4 nitrogen and oxygen atoms in total. The van der Waals surface area contributed by atoms with Gasteiger partial charge in [-0.3, -0.25) is 4.79 Å². The fraction of sp³-hybridized carbons (Fsp3) is 0.381. The van der Waals surface area contributed by atoms with Gasteiger partial charge in [0.2, 0.25) is 5.91 Å². The molecule has 0 radical (unpaired) electrons. The van der Waals surface area contributed by atoms with Crippen molar-refractivity contribution in [2.24, 2.45) is 0 Å². The monoisotopic (exact) mass is 340 g/mol. The second kappa shape index (κ2) is 8.67. The molecule has 0 bridgehead atoms. The highest BCUT2D eigenvalue weighted by atomic mass is 16.3. The van der Waals surface area contributed by atoms with E-state index in [1.54, 1.807) is 31.1 Å². The quantitative estimate of drug-likeness (QED) is 0.727. The molecule has 2 aromatic carbocycles. The summed E-state index contributed by atoms with van der Waals surface area (Å²) in [5.74, 6) is 0.290. The molecule has 1 unspecified atom stereocenters. The van der Waals surface area contributed by atoms with Crippen molar-refractivity contribution in [1.82, 2.24) is 10.2 Å². The third kappa shape index (κ3) is 4.40. The molecule has 0 aromatic heterocycles. The largest absolute Gasteiger partial charge is 0.508 e. The number of phenols is 1. The molecule has 25 heavy (non-hydrogen) atoms. The van der Waals surface area contributed by atoms with E-state index in [1.807, 2.05) is 42.5 Å². The molecule has 4 heteroatoms. The van der Waals surface area contributed by atoms with Crippen LogP contribution in [0.3, 0.4) is 0 Å². The number of amides is 1. The summed E-state index contributed by atoms with van der Waals surface area (Å²) in [5, 5.41) is 13.6. The highest BCUT2D eigenvalue weighted by molar-refractivity contribution is 5.88. The predicted octanol–water partition coefficient (Wildman–Crippen LogP) is 2.96. The first-order valence-electron chi connectivity index (χ1n) is 8.76. The number of benzene rings is 2. The predicted molar refractivity (Wildman–Crippen MR) is 102 cm³/mol. The number of rotatable bonds is 8. The van der Waals surface area contributed by atoms with Gasteiger partial charge in [0.1, 0.15) is 5.75 Å². The number of carbonyl (C=O) groups excluding carboxylic acids is 1. The summed E-state index contributed by atoms with van der Waals surface area (Å²) in [6.45, 7) is 3.65. The van der Waals surface area contributed by atoms with Crippen molar-refractivity contribution in [3.05, 3.63) is 65.7 Å². The van der Waals surface area contributed by atoms with Gasteiger partial charge in [0.25, 0.3) is 0 Å². The number of para-hydroxylation sites is 1. The van der Waals surface area contributed by atoms with Gasteiger partial charge in [-0.15, -0.1) is 0 Å². The van der Waals surface area contributed by atoms with E-state index in [1.165, 1.54) is 0 Å². The van der Waals surface area contributed by atoms with Crippen molar-refractivity contribution in [2.75, 3.05) is 27.2 Å². The molecule has 0 aliphatic heterocycles.